The Balaban J connectivity index is 0.000000453. The maximum absolute atomic E-state index is 3.27. The fourth-order valence-electron chi connectivity index (χ4n) is 1.26. The molecular weight excluding hydrogens is 288 g/mol. The van der Waals surface area contributed by atoms with Crippen molar-refractivity contribution in [1.82, 2.24) is 0 Å². The Morgan fingerprint density at radius 2 is 0.941 bits per heavy atom. The number of benzene rings is 2. The predicted octanol–water partition coefficient (Wildman–Crippen LogP) is 3.69. The third-order valence-electron chi connectivity index (χ3n) is 1.88. The molecule has 0 aliphatic rings. The maximum atomic E-state index is 3.27. The van der Waals surface area contributed by atoms with Crippen molar-refractivity contribution in [2.45, 2.75) is 18.7 Å². The van der Waals surface area contributed by atoms with Crippen molar-refractivity contribution in [2.75, 3.05) is 0 Å². The van der Waals surface area contributed by atoms with Crippen molar-refractivity contribution in [2.24, 2.45) is 0 Å². The second-order valence-corrected chi connectivity index (χ2v) is 5.58. The van der Waals surface area contributed by atoms with Gasteiger partial charge >= 0.3 is 0 Å². The highest BCUT2D eigenvalue weighted by atomic mass is 79.9. The molecule has 0 saturated heterocycles. The van der Waals surface area contributed by atoms with Gasteiger partial charge in [-0.25, -0.2) is 0 Å². The summed E-state index contributed by atoms with van der Waals surface area (Å²) in [7, 11) is 0. The van der Waals surface area contributed by atoms with Gasteiger partial charge in [0.15, 0.2) is 0 Å². The van der Waals surface area contributed by atoms with E-state index in [1.54, 1.807) is 0 Å². The Morgan fingerprint density at radius 3 is 1.18 bits per heavy atom. The highest BCUT2D eigenvalue weighted by Gasteiger charge is 1.91. The molecule has 0 radical (unpaired) electrons. The van der Waals surface area contributed by atoms with E-state index in [0.717, 1.165) is 0 Å². The molecule has 0 saturated carbocycles. The summed E-state index contributed by atoms with van der Waals surface area (Å²) in [6.07, 6.45) is 0. The summed E-state index contributed by atoms with van der Waals surface area (Å²) in [6, 6.07) is 20.8. The standard InChI is InChI=1S/C12H10.C3H7Br.H4Si/c1-3-7-11(8-4-1)12-9-5-2-6-10-12;1-3(2)4;/h1-10H;3H,1-2H3;1H4. The van der Waals surface area contributed by atoms with Gasteiger partial charge < -0.3 is 0 Å². The molecule has 2 aromatic carbocycles. The Bertz CT molecular complexity index is 344. The van der Waals surface area contributed by atoms with Crippen molar-refractivity contribution in [3.63, 3.8) is 0 Å². The molecule has 0 unspecified atom stereocenters. The molecule has 0 spiro atoms. The lowest BCUT2D eigenvalue weighted by Crippen LogP contribution is -1.73. The van der Waals surface area contributed by atoms with Crippen molar-refractivity contribution in [3.8, 4) is 11.1 Å². The molecule has 0 atom stereocenters. The lowest BCUT2D eigenvalue weighted by atomic mass is 10.1. The molecule has 0 aliphatic carbocycles. The van der Waals surface area contributed by atoms with E-state index in [-0.39, 0.29) is 11.0 Å². The van der Waals surface area contributed by atoms with Crippen molar-refractivity contribution in [1.29, 1.82) is 0 Å². The van der Waals surface area contributed by atoms with E-state index in [9.17, 15) is 0 Å². The Morgan fingerprint density at radius 1 is 0.706 bits per heavy atom. The molecule has 0 aliphatic heterocycles. The zero-order chi connectivity index (χ0) is 11.8. The molecule has 92 valence electrons. The zero-order valence-corrected chi connectivity index (χ0v) is 11.3. The van der Waals surface area contributed by atoms with Crippen molar-refractivity contribution in [3.05, 3.63) is 60.7 Å². The molecule has 2 aromatic rings. The lowest BCUT2D eigenvalue weighted by molar-refractivity contribution is 1.14. The molecule has 0 bridgehead atoms. The van der Waals surface area contributed by atoms with E-state index >= 15 is 0 Å². The second kappa shape index (κ2) is 9.20. The SMILES string of the molecule is CC(C)Br.[SiH4].c1ccc(-c2ccccc2)cc1. The molecule has 2 heteroatoms. The third-order valence-corrected chi connectivity index (χ3v) is 1.88. The number of alkyl halides is 1. The summed E-state index contributed by atoms with van der Waals surface area (Å²) < 4.78 is 0. The van der Waals surface area contributed by atoms with Gasteiger partial charge in [-0.05, 0) is 22.1 Å². The highest BCUT2D eigenvalue weighted by Crippen LogP contribution is 2.17. The predicted molar refractivity (Wildman–Crippen MR) is 87.3 cm³/mol. The molecule has 0 fully saturated rings. The Hall–Kier alpha value is -0.863. The number of halogens is 1. The highest BCUT2D eigenvalue weighted by molar-refractivity contribution is 9.09. The van der Waals surface area contributed by atoms with Crippen LogP contribution in [0.4, 0.5) is 0 Å². The van der Waals surface area contributed by atoms with E-state index in [0.29, 0.717) is 4.83 Å². The van der Waals surface area contributed by atoms with Crippen LogP contribution in [0.25, 0.3) is 11.1 Å². The fourth-order valence-corrected chi connectivity index (χ4v) is 1.26. The molecule has 0 N–H and O–H groups in total. The second-order valence-electron chi connectivity index (χ2n) is 3.75. The first kappa shape index (κ1) is 16.1. The largest absolute Gasteiger partial charge is 0.0897 e. The summed E-state index contributed by atoms with van der Waals surface area (Å²) in [5, 5.41) is 0. The average Bonchev–Trinajstić information content (AvgIpc) is 2.31. The minimum Gasteiger partial charge on any atom is -0.0897 e. The van der Waals surface area contributed by atoms with Gasteiger partial charge in [-0.2, -0.15) is 0 Å². The molecule has 17 heavy (non-hydrogen) atoms. The van der Waals surface area contributed by atoms with Gasteiger partial charge in [-0.15, -0.1) is 0 Å². The Labute approximate surface area is 117 Å². The number of hydrogen-bond donors (Lipinski definition) is 0. The third kappa shape index (κ3) is 7.13. The summed E-state index contributed by atoms with van der Waals surface area (Å²) in [4.78, 5) is 0.646. The van der Waals surface area contributed by atoms with E-state index < -0.39 is 0 Å². The van der Waals surface area contributed by atoms with Gasteiger partial charge in [0, 0.05) is 4.83 Å². The van der Waals surface area contributed by atoms with Crippen LogP contribution >= 0.6 is 15.9 Å². The van der Waals surface area contributed by atoms with E-state index in [1.165, 1.54) is 11.1 Å². The van der Waals surface area contributed by atoms with Gasteiger partial charge in [0.1, 0.15) is 0 Å². The van der Waals surface area contributed by atoms with Crippen LogP contribution < -0.4 is 0 Å². The number of hydrogen-bond acceptors (Lipinski definition) is 0. The number of rotatable bonds is 1. The summed E-state index contributed by atoms with van der Waals surface area (Å²) in [5.41, 5.74) is 2.55. The topological polar surface area (TPSA) is 0 Å². The van der Waals surface area contributed by atoms with Crippen LogP contribution in [0.1, 0.15) is 13.8 Å². The molecule has 0 aromatic heterocycles. The van der Waals surface area contributed by atoms with Crippen LogP contribution in [0.15, 0.2) is 60.7 Å². The minimum absolute atomic E-state index is 0. The van der Waals surface area contributed by atoms with Crippen LogP contribution in [-0.4, -0.2) is 15.8 Å². The summed E-state index contributed by atoms with van der Waals surface area (Å²) in [5.74, 6) is 0. The van der Waals surface area contributed by atoms with Gasteiger partial charge in [-0.3, -0.25) is 0 Å². The smallest absolute Gasteiger partial charge is 0.00888 e. The monoisotopic (exact) mass is 308 g/mol. The molecule has 0 nitrogen and oxygen atoms in total. The first-order valence-electron chi connectivity index (χ1n) is 5.44. The molecule has 0 heterocycles. The van der Waals surface area contributed by atoms with Gasteiger partial charge in [-0.1, -0.05) is 90.4 Å². The fraction of sp³-hybridized carbons (Fsp3) is 0.200. The van der Waals surface area contributed by atoms with Crippen LogP contribution in [0.2, 0.25) is 0 Å². The van der Waals surface area contributed by atoms with Crippen molar-refractivity contribution < 1.29 is 0 Å². The van der Waals surface area contributed by atoms with Crippen LogP contribution in [-0.2, 0) is 0 Å². The average molecular weight is 309 g/mol. The molecule has 0 amide bonds. The van der Waals surface area contributed by atoms with E-state index in [1.807, 2.05) is 12.1 Å². The van der Waals surface area contributed by atoms with E-state index in [4.69, 9.17) is 0 Å². The van der Waals surface area contributed by atoms with Gasteiger partial charge in [0.05, 0.1) is 0 Å². The maximum Gasteiger partial charge on any atom is 0.00888 e. The first-order valence-corrected chi connectivity index (χ1v) is 6.36. The Kier molecular flexibility index (Phi) is 8.73. The molecule has 2 rings (SSSR count). The van der Waals surface area contributed by atoms with Crippen LogP contribution in [0.3, 0.4) is 0 Å². The van der Waals surface area contributed by atoms with Crippen LogP contribution in [0, 0.1) is 0 Å². The normalized spacial score (nSPS) is 8.94. The first-order chi connectivity index (χ1) is 7.70. The van der Waals surface area contributed by atoms with Gasteiger partial charge in [0.2, 0.25) is 0 Å². The quantitative estimate of drug-likeness (QED) is 0.557. The van der Waals surface area contributed by atoms with Crippen LogP contribution in [0.5, 0.6) is 0 Å². The molecular formula is C15H21BrSi. The summed E-state index contributed by atoms with van der Waals surface area (Å²) >= 11 is 3.27. The zero-order valence-electron chi connectivity index (χ0n) is 9.73. The van der Waals surface area contributed by atoms with Crippen molar-refractivity contribution >= 4 is 26.9 Å². The van der Waals surface area contributed by atoms with Gasteiger partial charge in [0.25, 0.3) is 0 Å². The van der Waals surface area contributed by atoms with E-state index in [2.05, 4.69) is 78.3 Å². The summed E-state index contributed by atoms with van der Waals surface area (Å²) in [6.45, 7) is 4.17. The minimum atomic E-state index is 0. The lowest BCUT2D eigenvalue weighted by Gasteiger charge is -1.98.